The monoisotopic (exact) mass is 348 g/mol. The Morgan fingerprint density at radius 3 is 2.60 bits per heavy atom. The van der Waals surface area contributed by atoms with Crippen molar-refractivity contribution in [3.05, 3.63) is 28.3 Å². The number of amides is 1. The fraction of sp³-hybridized carbons (Fsp3) is 0.529. The van der Waals surface area contributed by atoms with Crippen LogP contribution >= 0.6 is 0 Å². The second-order valence-electron chi connectivity index (χ2n) is 7.03. The minimum absolute atomic E-state index is 0.0598. The Bertz CT molecular complexity index is 684. The molecule has 136 valence electrons. The zero-order valence-electron chi connectivity index (χ0n) is 15.1. The summed E-state index contributed by atoms with van der Waals surface area (Å²) in [5, 5.41) is 11.5. The number of nitro groups is 1. The van der Waals surface area contributed by atoms with Gasteiger partial charge in [-0.25, -0.2) is 4.79 Å². The Morgan fingerprint density at radius 1 is 1.40 bits per heavy atom. The first kappa shape index (κ1) is 18.7. The maximum absolute atomic E-state index is 12.3. The predicted molar refractivity (Wildman–Crippen MR) is 96.9 cm³/mol. The predicted octanol–water partition coefficient (Wildman–Crippen LogP) is 3.37. The molecule has 0 spiro atoms. The summed E-state index contributed by atoms with van der Waals surface area (Å²) in [6.07, 6.45) is -0.365. The van der Waals surface area contributed by atoms with Crippen LogP contribution in [0.3, 0.4) is 0 Å². The number of para-hydroxylation sites is 1. The van der Waals surface area contributed by atoms with Crippen LogP contribution in [0.5, 0.6) is 0 Å². The average molecular weight is 348 g/mol. The van der Waals surface area contributed by atoms with Gasteiger partial charge in [0.25, 0.3) is 0 Å². The lowest BCUT2D eigenvalue weighted by Crippen LogP contribution is -2.55. The molecule has 0 bridgehead atoms. The maximum atomic E-state index is 12.3. The van der Waals surface area contributed by atoms with Gasteiger partial charge in [-0.15, -0.1) is 0 Å². The fourth-order valence-electron chi connectivity index (χ4n) is 2.86. The van der Waals surface area contributed by atoms with Crippen LogP contribution in [0.1, 0.15) is 27.7 Å². The number of benzene rings is 1. The van der Waals surface area contributed by atoms with Crippen LogP contribution in [0.2, 0.25) is 0 Å². The number of nitrogens with zero attached hydrogens (tertiary/aromatic N) is 4. The van der Waals surface area contributed by atoms with Crippen LogP contribution in [0.4, 0.5) is 21.9 Å². The van der Waals surface area contributed by atoms with Gasteiger partial charge in [-0.05, 0) is 46.5 Å². The van der Waals surface area contributed by atoms with Crippen LogP contribution in [0, 0.1) is 10.1 Å². The largest absolute Gasteiger partial charge is 0.444 e. The minimum atomic E-state index is -0.559. The number of carbonyl (C=O) groups excluding carboxylic acids is 1. The van der Waals surface area contributed by atoms with Crippen LogP contribution < -0.4 is 4.90 Å². The Hall–Kier alpha value is -2.64. The molecule has 8 heteroatoms. The van der Waals surface area contributed by atoms with E-state index in [-0.39, 0.29) is 23.5 Å². The first-order valence-electron chi connectivity index (χ1n) is 8.12. The summed E-state index contributed by atoms with van der Waals surface area (Å²) in [4.78, 5) is 30.6. The topological polar surface area (TPSA) is 88.3 Å². The summed E-state index contributed by atoms with van der Waals surface area (Å²) in [6.45, 7) is 12.1. The van der Waals surface area contributed by atoms with Crippen molar-refractivity contribution in [1.29, 1.82) is 0 Å². The lowest BCUT2D eigenvalue weighted by molar-refractivity contribution is -0.383. The van der Waals surface area contributed by atoms with E-state index in [1.54, 1.807) is 23.1 Å². The van der Waals surface area contributed by atoms with Crippen molar-refractivity contribution < 1.29 is 14.5 Å². The molecule has 0 aromatic heterocycles. The highest BCUT2D eigenvalue weighted by molar-refractivity contribution is 5.77. The van der Waals surface area contributed by atoms with Crippen molar-refractivity contribution in [2.75, 3.05) is 24.5 Å². The van der Waals surface area contributed by atoms with Gasteiger partial charge in [-0.1, -0.05) is 6.07 Å². The highest BCUT2D eigenvalue weighted by Gasteiger charge is 2.33. The van der Waals surface area contributed by atoms with Gasteiger partial charge in [0.05, 0.1) is 4.92 Å². The van der Waals surface area contributed by atoms with Crippen LogP contribution in [0.15, 0.2) is 23.2 Å². The second-order valence-corrected chi connectivity index (χ2v) is 7.03. The van der Waals surface area contributed by atoms with Gasteiger partial charge in [-0.2, -0.15) is 0 Å². The van der Waals surface area contributed by atoms with E-state index >= 15 is 0 Å². The average Bonchev–Trinajstić information content (AvgIpc) is 2.51. The quantitative estimate of drug-likeness (QED) is 0.475. The molecule has 25 heavy (non-hydrogen) atoms. The summed E-state index contributed by atoms with van der Waals surface area (Å²) in [7, 11) is 0. The van der Waals surface area contributed by atoms with Crippen LogP contribution in [-0.4, -0.2) is 53.9 Å². The lowest BCUT2D eigenvalue weighted by atomic mass is 10.1. The number of hydrogen-bond acceptors (Lipinski definition) is 6. The van der Waals surface area contributed by atoms with E-state index in [0.717, 1.165) is 0 Å². The highest BCUT2D eigenvalue weighted by Crippen LogP contribution is 2.37. The molecule has 8 nitrogen and oxygen atoms in total. The molecule has 0 radical (unpaired) electrons. The highest BCUT2D eigenvalue weighted by atomic mass is 16.6. The SMILES string of the molecule is C=Nc1cccc(N2CCN(C(=O)OC(C)(C)C)[C@@H](C)C2)c1[N+](=O)[O-]. The number of aliphatic imine (C=N–C) groups is 1. The molecule has 0 saturated carbocycles. The number of hydrogen-bond donors (Lipinski definition) is 0. The van der Waals surface area contributed by atoms with Crippen molar-refractivity contribution >= 4 is 29.9 Å². The van der Waals surface area contributed by atoms with Gasteiger partial charge < -0.3 is 14.5 Å². The molecule has 0 aliphatic carbocycles. The number of piperazine rings is 1. The third-order valence-electron chi connectivity index (χ3n) is 3.94. The van der Waals surface area contributed by atoms with E-state index in [1.165, 1.54) is 0 Å². The third-order valence-corrected chi connectivity index (χ3v) is 3.94. The molecule has 1 aliphatic rings. The zero-order valence-corrected chi connectivity index (χ0v) is 15.1. The summed E-state index contributed by atoms with van der Waals surface area (Å²) in [6, 6.07) is 4.85. The number of ether oxygens (including phenoxy) is 1. The molecule has 2 rings (SSSR count). The molecule has 1 atom stereocenters. The molecule has 1 aromatic carbocycles. The molecule has 1 aliphatic heterocycles. The normalized spacial score (nSPS) is 18.0. The Labute approximate surface area is 147 Å². The van der Waals surface area contributed by atoms with Crippen LogP contribution in [-0.2, 0) is 4.74 Å². The van der Waals surface area contributed by atoms with Crippen molar-refractivity contribution in [2.45, 2.75) is 39.3 Å². The van der Waals surface area contributed by atoms with Crippen molar-refractivity contribution in [3.63, 3.8) is 0 Å². The third kappa shape index (κ3) is 4.26. The molecule has 0 unspecified atom stereocenters. The molecule has 1 heterocycles. The van der Waals surface area contributed by atoms with E-state index < -0.39 is 10.5 Å². The van der Waals surface area contributed by atoms with Crippen molar-refractivity contribution in [2.24, 2.45) is 4.99 Å². The van der Waals surface area contributed by atoms with E-state index in [9.17, 15) is 14.9 Å². The Balaban J connectivity index is 2.20. The minimum Gasteiger partial charge on any atom is -0.444 e. The van der Waals surface area contributed by atoms with Gasteiger partial charge in [0, 0.05) is 25.7 Å². The number of anilines is 1. The van der Waals surface area contributed by atoms with E-state index in [2.05, 4.69) is 11.7 Å². The van der Waals surface area contributed by atoms with Crippen molar-refractivity contribution in [1.82, 2.24) is 4.90 Å². The number of carbonyl (C=O) groups is 1. The van der Waals surface area contributed by atoms with Gasteiger partial charge >= 0.3 is 11.8 Å². The van der Waals surface area contributed by atoms with Crippen LogP contribution in [0.25, 0.3) is 0 Å². The molecule has 1 saturated heterocycles. The zero-order chi connectivity index (χ0) is 18.8. The van der Waals surface area contributed by atoms with Crippen molar-refractivity contribution in [3.8, 4) is 0 Å². The summed E-state index contributed by atoms with van der Waals surface area (Å²) in [5.74, 6) is 0. The molecular formula is C17H24N4O4. The summed E-state index contributed by atoms with van der Waals surface area (Å²) < 4.78 is 5.42. The molecule has 0 N–H and O–H groups in total. The van der Waals surface area contributed by atoms with Gasteiger partial charge in [0.1, 0.15) is 17.0 Å². The van der Waals surface area contributed by atoms with E-state index in [4.69, 9.17) is 4.74 Å². The molecule has 1 amide bonds. The molecule has 1 aromatic rings. The Kier molecular flexibility index (Phi) is 5.30. The standard InChI is InChI=1S/C17H24N4O4/c1-12-11-19(9-10-20(12)16(22)25-17(2,3)4)14-8-6-7-13(18-5)15(14)21(23)24/h6-8,12H,5,9-11H2,1-4H3/t12-/m0/s1. The van der Waals surface area contributed by atoms with Gasteiger partial charge in [0.15, 0.2) is 0 Å². The summed E-state index contributed by atoms with van der Waals surface area (Å²) in [5.41, 5.74) is 0.113. The fourth-order valence-corrected chi connectivity index (χ4v) is 2.86. The number of rotatable bonds is 3. The lowest BCUT2D eigenvalue weighted by Gasteiger charge is -2.41. The Morgan fingerprint density at radius 2 is 2.08 bits per heavy atom. The molecular weight excluding hydrogens is 324 g/mol. The van der Waals surface area contributed by atoms with Gasteiger partial charge in [0.2, 0.25) is 0 Å². The maximum Gasteiger partial charge on any atom is 0.410 e. The van der Waals surface area contributed by atoms with Gasteiger partial charge in [-0.3, -0.25) is 15.1 Å². The molecule has 1 fully saturated rings. The first-order chi connectivity index (χ1) is 11.6. The number of nitro benzene ring substituents is 1. The van der Waals surface area contributed by atoms with E-state index in [0.29, 0.717) is 25.3 Å². The smallest absolute Gasteiger partial charge is 0.410 e. The first-order valence-corrected chi connectivity index (χ1v) is 8.12. The summed E-state index contributed by atoms with van der Waals surface area (Å²) >= 11 is 0. The second kappa shape index (κ2) is 7.08. The van der Waals surface area contributed by atoms with E-state index in [1.807, 2.05) is 32.6 Å².